The second-order valence-corrected chi connectivity index (χ2v) is 4.67. The molecule has 0 nitrogen and oxygen atoms in total. The molecular formula is C11H19. The van der Waals surface area contributed by atoms with Gasteiger partial charge in [-0.05, 0) is 43.4 Å². The van der Waals surface area contributed by atoms with Gasteiger partial charge < -0.3 is 0 Å². The van der Waals surface area contributed by atoms with Crippen molar-refractivity contribution in [2.75, 3.05) is 0 Å². The van der Waals surface area contributed by atoms with Crippen molar-refractivity contribution in [1.82, 2.24) is 0 Å². The van der Waals surface area contributed by atoms with Crippen molar-refractivity contribution in [3.63, 3.8) is 0 Å². The molecule has 0 amide bonds. The molecule has 1 atom stereocenters. The van der Waals surface area contributed by atoms with Gasteiger partial charge in [0.2, 0.25) is 0 Å². The third kappa shape index (κ3) is 1.45. The Morgan fingerprint density at radius 1 is 1.00 bits per heavy atom. The van der Waals surface area contributed by atoms with Gasteiger partial charge in [-0.1, -0.05) is 26.2 Å². The monoisotopic (exact) mass is 151 g/mol. The van der Waals surface area contributed by atoms with Crippen molar-refractivity contribution in [3.05, 3.63) is 6.92 Å². The van der Waals surface area contributed by atoms with Crippen LogP contribution in [0.1, 0.15) is 51.4 Å². The summed E-state index contributed by atoms with van der Waals surface area (Å²) in [7, 11) is 0. The van der Waals surface area contributed by atoms with E-state index in [1.807, 2.05) is 0 Å². The van der Waals surface area contributed by atoms with E-state index in [1.165, 1.54) is 51.4 Å². The van der Waals surface area contributed by atoms with Gasteiger partial charge in [-0.25, -0.2) is 0 Å². The quantitative estimate of drug-likeness (QED) is 0.496. The van der Waals surface area contributed by atoms with E-state index < -0.39 is 0 Å². The summed E-state index contributed by atoms with van der Waals surface area (Å²) < 4.78 is 0. The molecule has 1 unspecified atom stereocenters. The predicted molar refractivity (Wildman–Crippen MR) is 48.2 cm³/mol. The van der Waals surface area contributed by atoms with E-state index in [-0.39, 0.29) is 0 Å². The molecule has 2 fully saturated rings. The Morgan fingerprint density at radius 2 is 1.73 bits per heavy atom. The topological polar surface area (TPSA) is 0 Å². The third-order valence-electron chi connectivity index (χ3n) is 3.72. The Kier molecular flexibility index (Phi) is 1.95. The first-order valence-electron chi connectivity index (χ1n) is 5.14. The van der Waals surface area contributed by atoms with Gasteiger partial charge in [0.25, 0.3) is 0 Å². The highest BCUT2D eigenvalue weighted by molar-refractivity contribution is 4.91. The Bertz CT molecular complexity index is 125. The molecule has 2 saturated carbocycles. The van der Waals surface area contributed by atoms with Crippen LogP contribution in [0.3, 0.4) is 0 Å². The third-order valence-corrected chi connectivity index (χ3v) is 3.72. The van der Waals surface area contributed by atoms with E-state index in [2.05, 4.69) is 6.92 Å². The molecule has 63 valence electrons. The number of hydrogen-bond donors (Lipinski definition) is 0. The molecule has 0 heterocycles. The van der Waals surface area contributed by atoms with Gasteiger partial charge in [0.1, 0.15) is 0 Å². The highest BCUT2D eigenvalue weighted by atomic mass is 14.4. The molecule has 1 spiro atoms. The van der Waals surface area contributed by atoms with Crippen molar-refractivity contribution in [2.24, 2.45) is 11.3 Å². The van der Waals surface area contributed by atoms with Crippen LogP contribution in [-0.4, -0.2) is 0 Å². The zero-order valence-corrected chi connectivity index (χ0v) is 7.44. The molecule has 1 radical (unpaired) electrons. The fourth-order valence-electron chi connectivity index (χ4n) is 3.08. The Morgan fingerprint density at radius 3 is 2.27 bits per heavy atom. The van der Waals surface area contributed by atoms with Crippen LogP contribution in [0.5, 0.6) is 0 Å². The highest BCUT2D eigenvalue weighted by Crippen LogP contribution is 2.50. The van der Waals surface area contributed by atoms with Gasteiger partial charge in [-0.3, -0.25) is 0 Å². The molecule has 0 N–H and O–H groups in total. The van der Waals surface area contributed by atoms with E-state index >= 15 is 0 Å². The van der Waals surface area contributed by atoms with E-state index in [1.54, 1.807) is 0 Å². The predicted octanol–water partition coefficient (Wildman–Crippen LogP) is 3.57. The first-order valence-corrected chi connectivity index (χ1v) is 5.14. The molecule has 2 rings (SSSR count). The zero-order valence-electron chi connectivity index (χ0n) is 7.44. The molecule has 0 aromatic carbocycles. The van der Waals surface area contributed by atoms with Crippen LogP contribution in [0, 0.1) is 18.3 Å². The van der Waals surface area contributed by atoms with Gasteiger partial charge >= 0.3 is 0 Å². The van der Waals surface area contributed by atoms with Gasteiger partial charge in [0, 0.05) is 0 Å². The lowest BCUT2D eigenvalue weighted by Crippen LogP contribution is -2.20. The van der Waals surface area contributed by atoms with Crippen molar-refractivity contribution < 1.29 is 0 Å². The number of rotatable bonds is 0. The molecule has 0 heteroatoms. The smallest absolute Gasteiger partial charge is 0.0295 e. The van der Waals surface area contributed by atoms with Crippen molar-refractivity contribution >= 4 is 0 Å². The van der Waals surface area contributed by atoms with Gasteiger partial charge in [-0.15, -0.1) is 0 Å². The molecule has 2 aliphatic carbocycles. The first kappa shape index (κ1) is 7.64. The standard InChI is InChI=1S/C11H19/c1-10-5-8-11(9-10)6-3-2-4-7-11/h10H,1-9H2. The zero-order chi connectivity index (χ0) is 7.73. The summed E-state index contributed by atoms with van der Waals surface area (Å²) >= 11 is 0. The summed E-state index contributed by atoms with van der Waals surface area (Å²) in [6.45, 7) is 4.19. The molecule has 0 saturated heterocycles. The van der Waals surface area contributed by atoms with E-state index in [0.29, 0.717) is 0 Å². The molecule has 0 aromatic heterocycles. The van der Waals surface area contributed by atoms with Crippen LogP contribution < -0.4 is 0 Å². The van der Waals surface area contributed by atoms with Gasteiger partial charge in [0.05, 0.1) is 0 Å². The lowest BCUT2D eigenvalue weighted by Gasteiger charge is -2.33. The Hall–Kier alpha value is 0. The maximum atomic E-state index is 4.19. The van der Waals surface area contributed by atoms with Gasteiger partial charge in [0.15, 0.2) is 0 Å². The van der Waals surface area contributed by atoms with Crippen LogP contribution in [0.2, 0.25) is 0 Å². The van der Waals surface area contributed by atoms with E-state index in [0.717, 1.165) is 11.3 Å². The Balaban J connectivity index is 1.98. The molecule has 0 bridgehead atoms. The van der Waals surface area contributed by atoms with Gasteiger partial charge in [-0.2, -0.15) is 0 Å². The average molecular weight is 151 g/mol. The van der Waals surface area contributed by atoms with Crippen LogP contribution >= 0.6 is 0 Å². The first-order chi connectivity index (χ1) is 5.31. The summed E-state index contributed by atoms with van der Waals surface area (Å²) in [5.74, 6) is 0.785. The Labute approximate surface area is 70.4 Å². The minimum atomic E-state index is 0.782. The van der Waals surface area contributed by atoms with Crippen molar-refractivity contribution in [1.29, 1.82) is 0 Å². The minimum absolute atomic E-state index is 0.782. The molecule has 11 heavy (non-hydrogen) atoms. The van der Waals surface area contributed by atoms with Crippen LogP contribution in [0.25, 0.3) is 0 Å². The normalized spacial score (nSPS) is 36.3. The fourth-order valence-corrected chi connectivity index (χ4v) is 3.08. The molecule has 0 aliphatic heterocycles. The van der Waals surface area contributed by atoms with Crippen molar-refractivity contribution in [3.8, 4) is 0 Å². The summed E-state index contributed by atoms with van der Waals surface area (Å²) in [4.78, 5) is 0. The van der Waals surface area contributed by atoms with Crippen LogP contribution in [0.15, 0.2) is 0 Å². The molecular weight excluding hydrogens is 132 g/mol. The largest absolute Gasteiger partial charge is 0.0533 e. The van der Waals surface area contributed by atoms with Crippen molar-refractivity contribution in [2.45, 2.75) is 51.4 Å². The average Bonchev–Trinajstić information content (AvgIpc) is 2.34. The second kappa shape index (κ2) is 2.80. The summed E-state index contributed by atoms with van der Waals surface area (Å²) in [5, 5.41) is 0. The van der Waals surface area contributed by atoms with Crippen LogP contribution in [-0.2, 0) is 0 Å². The summed E-state index contributed by atoms with van der Waals surface area (Å²) in [6, 6.07) is 0. The molecule has 0 aromatic rings. The maximum Gasteiger partial charge on any atom is -0.0295 e. The lowest BCUT2D eigenvalue weighted by atomic mass is 9.72. The van der Waals surface area contributed by atoms with E-state index in [9.17, 15) is 0 Å². The second-order valence-electron chi connectivity index (χ2n) is 4.67. The van der Waals surface area contributed by atoms with Crippen LogP contribution in [0.4, 0.5) is 0 Å². The fraction of sp³-hybridized carbons (Fsp3) is 0.909. The van der Waals surface area contributed by atoms with E-state index in [4.69, 9.17) is 0 Å². The minimum Gasteiger partial charge on any atom is -0.0533 e. The number of hydrogen-bond acceptors (Lipinski definition) is 0. The molecule has 2 aliphatic rings. The lowest BCUT2D eigenvalue weighted by molar-refractivity contribution is 0.193. The SMILES string of the molecule is [CH2]C1CCC2(CCCCC2)C1. The highest BCUT2D eigenvalue weighted by Gasteiger charge is 2.37. The summed E-state index contributed by atoms with van der Waals surface area (Å²) in [6.07, 6.45) is 11.8. The summed E-state index contributed by atoms with van der Waals surface area (Å²) in [5.41, 5.74) is 0.782. The maximum absolute atomic E-state index is 4.19.